The van der Waals surface area contributed by atoms with Crippen molar-refractivity contribution in [3.05, 3.63) is 59.4 Å². The van der Waals surface area contributed by atoms with Crippen LogP contribution in [0.5, 0.6) is 0 Å². The number of rotatable bonds is 3. The summed E-state index contributed by atoms with van der Waals surface area (Å²) < 4.78 is 1.96. The van der Waals surface area contributed by atoms with Crippen molar-refractivity contribution in [1.29, 1.82) is 5.26 Å². The predicted molar refractivity (Wildman–Crippen MR) is 64.0 cm³/mol. The molecule has 2 rings (SSSR count). The first-order chi connectivity index (χ1) is 7.81. The highest BCUT2D eigenvalue weighted by Crippen LogP contribution is 2.10. The van der Waals surface area contributed by atoms with E-state index in [1.807, 2.05) is 29.8 Å². The molecule has 0 atom stereocenters. The molecule has 0 aliphatic carbocycles. The van der Waals surface area contributed by atoms with Gasteiger partial charge in [-0.3, -0.25) is 0 Å². The second kappa shape index (κ2) is 4.67. The Morgan fingerprint density at radius 2 is 1.81 bits per heavy atom. The van der Waals surface area contributed by atoms with Crippen molar-refractivity contribution in [1.82, 2.24) is 4.57 Å². The SMILES string of the molecule is Cn1c(C#N)ccc1CCc1ccccc1. The predicted octanol–water partition coefficient (Wildman–Crippen LogP) is 2.68. The molecular weight excluding hydrogens is 196 g/mol. The number of hydrogen-bond acceptors (Lipinski definition) is 1. The van der Waals surface area contributed by atoms with Gasteiger partial charge in [0.25, 0.3) is 0 Å². The van der Waals surface area contributed by atoms with Crippen LogP contribution in [0.15, 0.2) is 42.5 Å². The molecule has 0 unspecified atom stereocenters. The highest BCUT2D eigenvalue weighted by atomic mass is 14.9. The quantitative estimate of drug-likeness (QED) is 0.765. The van der Waals surface area contributed by atoms with Gasteiger partial charge in [0.1, 0.15) is 11.8 Å². The van der Waals surface area contributed by atoms with E-state index >= 15 is 0 Å². The zero-order valence-corrected chi connectivity index (χ0v) is 9.35. The third-order valence-corrected chi connectivity index (χ3v) is 2.85. The highest BCUT2D eigenvalue weighted by molar-refractivity contribution is 5.27. The molecule has 80 valence electrons. The van der Waals surface area contributed by atoms with Crippen LogP contribution in [0.1, 0.15) is 17.0 Å². The summed E-state index contributed by atoms with van der Waals surface area (Å²) >= 11 is 0. The lowest BCUT2D eigenvalue weighted by molar-refractivity contribution is 0.792. The van der Waals surface area contributed by atoms with E-state index in [1.165, 1.54) is 11.3 Å². The fourth-order valence-corrected chi connectivity index (χ4v) is 1.83. The molecule has 0 saturated heterocycles. The van der Waals surface area contributed by atoms with E-state index in [-0.39, 0.29) is 0 Å². The first-order valence-electron chi connectivity index (χ1n) is 5.40. The monoisotopic (exact) mass is 210 g/mol. The molecule has 0 spiro atoms. The molecule has 0 bridgehead atoms. The van der Waals surface area contributed by atoms with E-state index in [1.54, 1.807) is 0 Å². The topological polar surface area (TPSA) is 28.7 Å². The van der Waals surface area contributed by atoms with Crippen LogP contribution in [0, 0.1) is 11.3 Å². The molecule has 2 nitrogen and oxygen atoms in total. The lowest BCUT2D eigenvalue weighted by Crippen LogP contribution is -2.00. The number of aryl methyl sites for hydroxylation is 2. The van der Waals surface area contributed by atoms with Crippen LogP contribution >= 0.6 is 0 Å². The molecule has 0 N–H and O–H groups in total. The van der Waals surface area contributed by atoms with Gasteiger partial charge in [-0.15, -0.1) is 0 Å². The van der Waals surface area contributed by atoms with Crippen molar-refractivity contribution in [2.45, 2.75) is 12.8 Å². The average Bonchev–Trinajstić information content (AvgIpc) is 2.69. The molecular formula is C14H14N2. The lowest BCUT2D eigenvalue weighted by atomic mass is 10.1. The van der Waals surface area contributed by atoms with Gasteiger partial charge < -0.3 is 4.57 Å². The van der Waals surface area contributed by atoms with Gasteiger partial charge in [-0.25, -0.2) is 0 Å². The van der Waals surface area contributed by atoms with Crippen molar-refractivity contribution in [3.63, 3.8) is 0 Å². The Morgan fingerprint density at radius 1 is 1.06 bits per heavy atom. The molecule has 1 heterocycles. The van der Waals surface area contributed by atoms with Crippen molar-refractivity contribution in [3.8, 4) is 6.07 Å². The summed E-state index contributed by atoms with van der Waals surface area (Å²) in [6.45, 7) is 0. The lowest BCUT2D eigenvalue weighted by Gasteiger charge is -2.04. The molecule has 0 fully saturated rings. The van der Waals surface area contributed by atoms with Crippen molar-refractivity contribution in [2.24, 2.45) is 7.05 Å². The first-order valence-corrected chi connectivity index (χ1v) is 5.40. The number of aromatic nitrogens is 1. The third kappa shape index (κ3) is 2.14. The second-order valence-corrected chi connectivity index (χ2v) is 3.87. The third-order valence-electron chi connectivity index (χ3n) is 2.85. The smallest absolute Gasteiger partial charge is 0.120 e. The maximum absolute atomic E-state index is 8.85. The summed E-state index contributed by atoms with van der Waals surface area (Å²) in [4.78, 5) is 0. The summed E-state index contributed by atoms with van der Waals surface area (Å²) in [5.74, 6) is 0. The van der Waals surface area contributed by atoms with E-state index in [0.717, 1.165) is 18.5 Å². The van der Waals surface area contributed by atoms with Gasteiger partial charge in [-0.2, -0.15) is 5.26 Å². The Labute approximate surface area is 95.8 Å². The maximum atomic E-state index is 8.85. The van der Waals surface area contributed by atoms with Crippen LogP contribution < -0.4 is 0 Å². The number of hydrogen-bond donors (Lipinski definition) is 0. The average molecular weight is 210 g/mol. The Bertz CT molecular complexity index is 503. The molecule has 1 aromatic carbocycles. The molecule has 16 heavy (non-hydrogen) atoms. The molecule has 1 aromatic heterocycles. The Kier molecular flexibility index (Phi) is 3.07. The van der Waals surface area contributed by atoms with E-state index in [0.29, 0.717) is 0 Å². The second-order valence-electron chi connectivity index (χ2n) is 3.87. The van der Waals surface area contributed by atoms with E-state index in [4.69, 9.17) is 5.26 Å². The number of benzene rings is 1. The summed E-state index contributed by atoms with van der Waals surface area (Å²) in [7, 11) is 1.94. The van der Waals surface area contributed by atoms with E-state index < -0.39 is 0 Å². The minimum Gasteiger partial charge on any atom is -0.340 e. The van der Waals surface area contributed by atoms with E-state index in [9.17, 15) is 0 Å². The van der Waals surface area contributed by atoms with Crippen molar-refractivity contribution >= 4 is 0 Å². The van der Waals surface area contributed by atoms with E-state index in [2.05, 4.69) is 30.3 Å². The van der Waals surface area contributed by atoms with Gasteiger partial charge in [0.2, 0.25) is 0 Å². The maximum Gasteiger partial charge on any atom is 0.120 e. The fourth-order valence-electron chi connectivity index (χ4n) is 1.83. The van der Waals surface area contributed by atoms with Gasteiger partial charge in [0.05, 0.1) is 0 Å². The Hall–Kier alpha value is -2.01. The molecule has 0 aliphatic heterocycles. The van der Waals surface area contributed by atoms with Crippen LogP contribution in [0.4, 0.5) is 0 Å². The molecule has 0 saturated carbocycles. The Balaban J connectivity index is 2.06. The molecule has 2 aromatic rings. The summed E-state index contributed by atoms with van der Waals surface area (Å²) in [6.07, 6.45) is 1.99. The van der Waals surface area contributed by atoms with Gasteiger partial charge in [0.15, 0.2) is 0 Å². The summed E-state index contributed by atoms with van der Waals surface area (Å²) in [6, 6.07) is 16.5. The first kappa shape index (κ1) is 10.5. The fraction of sp³-hybridized carbons (Fsp3) is 0.214. The highest BCUT2D eigenvalue weighted by Gasteiger charge is 2.03. The minimum absolute atomic E-state index is 0.725. The van der Waals surface area contributed by atoms with Crippen molar-refractivity contribution in [2.75, 3.05) is 0 Å². The van der Waals surface area contributed by atoms with Crippen LogP contribution in [0.25, 0.3) is 0 Å². The van der Waals surface area contributed by atoms with Gasteiger partial charge in [-0.05, 0) is 30.5 Å². The zero-order valence-electron chi connectivity index (χ0n) is 9.35. The molecule has 2 heteroatoms. The normalized spacial score (nSPS) is 10.0. The molecule has 0 radical (unpaired) electrons. The van der Waals surface area contributed by atoms with Crippen LogP contribution in [-0.4, -0.2) is 4.57 Å². The van der Waals surface area contributed by atoms with Crippen LogP contribution in [-0.2, 0) is 19.9 Å². The summed E-state index contributed by atoms with van der Waals surface area (Å²) in [5, 5.41) is 8.85. The van der Waals surface area contributed by atoms with Gasteiger partial charge in [0, 0.05) is 12.7 Å². The number of nitrogens with zero attached hydrogens (tertiary/aromatic N) is 2. The molecule has 0 aliphatic rings. The summed E-state index contributed by atoms with van der Waals surface area (Å²) in [5.41, 5.74) is 3.27. The Morgan fingerprint density at radius 3 is 2.44 bits per heavy atom. The zero-order chi connectivity index (χ0) is 11.4. The van der Waals surface area contributed by atoms with Crippen LogP contribution in [0.2, 0.25) is 0 Å². The van der Waals surface area contributed by atoms with Crippen molar-refractivity contribution < 1.29 is 0 Å². The largest absolute Gasteiger partial charge is 0.340 e. The number of nitriles is 1. The van der Waals surface area contributed by atoms with Gasteiger partial charge >= 0.3 is 0 Å². The van der Waals surface area contributed by atoms with Gasteiger partial charge in [-0.1, -0.05) is 30.3 Å². The molecule has 0 amide bonds. The van der Waals surface area contributed by atoms with Crippen LogP contribution in [0.3, 0.4) is 0 Å². The minimum atomic E-state index is 0.725. The standard InChI is InChI=1S/C14H14N2/c1-16-13(9-10-14(16)11-15)8-7-12-5-3-2-4-6-12/h2-6,9-10H,7-8H2,1H3.